The van der Waals surface area contributed by atoms with Crippen molar-refractivity contribution >= 4 is 5.91 Å². The van der Waals surface area contributed by atoms with Gasteiger partial charge in [0.2, 0.25) is 0 Å². The van der Waals surface area contributed by atoms with Crippen LogP contribution in [0.5, 0.6) is 5.75 Å². The van der Waals surface area contributed by atoms with Crippen molar-refractivity contribution in [1.29, 1.82) is 0 Å². The van der Waals surface area contributed by atoms with Crippen molar-refractivity contribution in [3.63, 3.8) is 0 Å². The molecule has 0 spiro atoms. The second kappa shape index (κ2) is 4.57. The smallest absolute Gasteiger partial charge is 0.406 e. The summed E-state index contributed by atoms with van der Waals surface area (Å²) in [4.78, 5) is 10.3. The van der Waals surface area contributed by atoms with Crippen LogP contribution >= 0.6 is 0 Å². The number of ether oxygens (including phenoxy) is 1. The third kappa shape index (κ3) is 4.37. The van der Waals surface area contributed by atoms with Gasteiger partial charge in [0, 0.05) is 5.56 Å². The first-order valence-electron chi connectivity index (χ1n) is 4.04. The Morgan fingerprint density at radius 1 is 1.25 bits per heavy atom. The normalized spacial score (nSPS) is 10.2. The van der Waals surface area contributed by atoms with Crippen LogP contribution in [0.2, 0.25) is 0 Å². The van der Waals surface area contributed by atoms with Crippen LogP contribution in [0.25, 0.3) is 0 Å². The number of halogens is 3. The third-order valence-corrected chi connectivity index (χ3v) is 1.42. The Bertz CT molecular complexity index is 440. The summed E-state index contributed by atoms with van der Waals surface area (Å²) in [6, 6.07) is 4.77. The number of primary amides is 1. The van der Waals surface area contributed by atoms with Crippen molar-refractivity contribution in [2.45, 2.75) is 6.36 Å². The molecule has 0 aromatic heterocycles. The van der Waals surface area contributed by atoms with Crippen molar-refractivity contribution in [3.05, 3.63) is 29.8 Å². The van der Waals surface area contributed by atoms with E-state index in [1.165, 1.54) is 12.1 Å². The van der Waals surface area contributed by atoms with Crippen LogP contribution in [0, 0.1) is 11.8 Å². The molecule has 1 aromatic rings. The Hall–Kier alpha value is -2.16. The first-order valence-corrected chi connectivity index (χ1v) is 4.04. The van der Waals surface area contributed by atoms with Gasteiger partial charge in [-0.3, -0.25) is 4.79 Å². The van der Waals surface area contributed by atoms with E-state index in [9.17, 15) is 18.0 Å². The minimum Gasteiger partial charge on any atom is -0.406 e. The van der Waals surface area contributed by atoms with Crippen LogP contribution in [0.15, 0.2) is 24.3 Å². The van der Waals surface area contributed by atoms with Crippen LogP contribution in [0.4, 0.5) is 13.2 Å². The van der Waals surface area contributed by atoms with E-state index in [0.717, 1.165) is 12.1 Å². The molecule has 0 unspecified atom stereocenters. The predicted molar refractivity (Wildman–Crippen MR) is 49.2 cm³/mol. The van der Waals surface area contributed by atoms with Gasteiger partial charge < -0.3 is 10.5 Å². The highest BCUT2D eigenvalue weighted by Crippen LogP contribution is 2.22. The maximum atomic E-state index is 11.8. The van der Waals surface area contributed by atoms with Crippen molar-refractivity contribution in [1.82, 2.24) is 0 Å². The average Bonchev–Trinajstić information content (AvgIpc) is 2.14. The number of hydrogen-bond acceptors (Lipinski definition) is 2. The number of benzene rings is 1. The minimum absolute atomic E-state index is 0.350. The molecular weight excluding hydrogens is 223 g/mol. The number of hydrogen-bond donors (Lipinski definition) is 1. The van der Waals surface area contributed by atoms with Gasteiger partial charge in [0.1, 0.15) is 5.75 Å². The monoisotopic (exact) mass is 229 g/mol. The van der Waals surface area contributed by atoms with Gasteiger partial charge in [-0.1, -0.05) is 5.92 Å². The molecule has 0 saturated heterocycles. The number of carbonyl (C=O) groups excluding carboxylic acids is 1. The van der Waals surface area contributed by atoms with Crippen LogP contribution in [0.3, 0.4) is 0 Å². The number of rotatable bonds is 1. The topological polar surface area (TPSA) is 52.3 Å². The quantitative estimate of drug-likeness (QED) is 0.740. The lowest BCUT2D eigenvalue weighted by atomic mass is 10.2. The molecule has 1 aromatic carbocycles. The number of amides is 1. The van der Waals surface area contributed by atoms with E-state index < -0.39 is 12.3 Å². The predicted octanol–water partition coefficient (Wildman–Crippen LogP) is 1.42. The van der Waals surface area contributed by atoms with E-state index in [1.54, 1.807) is 0 Å². The summed E-state index contributed by atoms with van der Waals surface area (Å²) in [5, 5.41) is 0. The molecule has 0 aliphatic rings. The van der Waals surface area contributed by atoms with Gasteiger partial charge in [0.25, 0.3) is 5.91 Å². The highest BCUT2D eigenvalue weighted by Gasteiger charge is 2.30. The van der Waals surface area contributed by atoms with Gasteiger partial charge in [0.15, 0.2) is 0 Å². The molecule has 16 heavy (non-hydrogen) atoms. The molecule has 1 rings (SSSR count). The second-order valence-corrected chi connectivity index (χ2v) is 2.69. The van der Waals surface area contributed by atoms with E-state index in [2.05, 4.69) is 16.6 Å². The molecule has 0 saturated carbocycles. The SMILES string of the molecule is NC(=O)C#Cc1ccc(OC(F)(F)F)cc1. The summed E-state index contributed by atoms with van der Waals surface area (Å²) < 4.78 is 39.0. The molecule has 0 radical (unpaired) electrons. The second-order valence-electron chi connectivity index (χ2n) is 2.69. The van der Waals surface area contributed by atoms with Crippen LogP contribution < -0.4 is 10.5 Å². The Morgan fingerprint density at radius 3 is 2.25 bits per heavy atom. The molecule has 1 amide bonds. The van der Waals surface area contributed by atoms with Gasteiger partial charge >= 0.3 is 6.36 Å². The van der Waals surface area contributed by atoms with E-state index >= 15 is 0 Å². The highest BCUT2D eigenvalue weighted by atomic mass is 19.4. The summed E-state index contributed by atoms with van der Waals surface area (Å²) in [6.07, 6.45) is -4.72. The standard InChI is InChI=1S/C10H6F3NO2/c11-10(12,13)16-8-4-1-7(2-5-8)3-6-9(14)15/h1-2,4-5H,(H2,14,15). The third-order valence-electron chi connectivity index (χ3n) is 1.42. The van der Waals surface area contributed by atoms with E-state index in [-0.39, 0.29) is 5.75 Å². The van der Waals surface area contributed by atoms with Crippen LogP contribution in [-0.2, 0) is 4.79 Å². The lowest BCUT2D eigenvalue weighted by molar-refractivity contribution is -0.274. The summed E-state index contributed by atoms with van der Waals surface area (Å²) in [6.45, 7) is 0. The van der Waals surface area contributed by atoms with Gasteiger partial charge in [-0.2, -0.15) is 0 Å². The largest absolute Gasteiger partial charge is 0.573 e. The summed E-state index contributed by atoms with van der Waals surface area (Å²) in [5.41, 5.74) is 5.14. The summed E-state index contributed by atoms with van der Waals surface area (Å²) in [7, 11) is 0. The van der Waals surface area contributed by atoms with E-state index in [1.807, 2.05) is 0 Å². The number of alkyl halides is 3. The fraction of sp³-hybridized carbons (Fsp3) is 0.100. The Balaban J connectivity index is 2.77. The molecule has 0 heterocycles. The minimum atomic E-state index is -4.72. The number of carbonyl (C=O) groups is 1. The van der Waals surface area contributed by atoms with Crippen LogP contribution in [0.1, 0.15) is 5.56 Å². The number of nitrogens with two attached hydrogens (primary N) is 1. The molecular formula is C10H6F3NO2. The van der Waals surface area contributed by atoms with Crippen LogP contribution in [-0.4, -0.2) is 12.3 Å². The summed E-state index contributed by atoms with van der Waals surface area (Å²) in [5.74, 6) is 3.27. The molecule has 0 aliphatic carbocycles. The maximum absolute atomic E-state index is 11.8. The first-order chi connectivity index (χ1) is 7.37. The molecule has 0 aliphatic heterocycles. The van der Waals surface area contributed by atoms with Crippen molar-refractivity contribution in [2.24, 2.45) is 5.73 Å². The van der Waals surface area contributed by atoms with Crippen molar-refractivity contribution in [2.75, 3.05) is 0 Å². The average molecular weight is 229 g/mol. The van der Waals surface area contributed by atoms with Gasteiger partial charge in [-0.15, -0.1) is 13.2 Å². The lowest BCUT2D eigenvalue weighted by Crippen LogP contribution is -2.16. The zero-order valence-electron chi connectivity index (χ0n) is 7.84. The fourth-order valence-corrected chi connectivity index (χ4v) is 0.874. The van der Waals surface area contributed by atoms with Gasteiger partial charge in [-0.25, -0.2) is 0 Å². The van der Waals surface area contributed by atoms with Crippen molar-refractivity contribution in [3.8, 4) is 17.6 Å². The lowest BCUT2D eigenvalue weighted by Gasteiger charge is -2.07. The molecule has 84 valence electrons. The molecule has 0 atom stereocenters. The van der Waals surface area contributed by atoms with Crippen molar-refractivity contribution < 1.29 is 22.7 Å². The fourth-order valence-electron chi connectivity index (χ4n) is 0.874. The Morgan fingerprint density at radius 2 is 1.81 bits per heavy atom. The zero-order chi connectivity index (χ0) is 12.2. The Kier molecular flexibility index (Phi) is 3.40. The van der Waals surface area contributed by atoms with Gasteiger partial charge in [0.05, 0.1) is 0 Å². The molecule has 2 N–H and O–H groups in total. The molecule has 0 fully saturated rings. The Labute approximate surface area is 89.0 Å². The van der Waals surface area contributed by atoms with E-state index in [4.69, 9.17) is 5.73 Å². The zero-order valence-corrected chi connectivity index (χ0v) is 7.84. The van der Waals surface area contributed by atoms with Gasteiger partial charge in [-0.05, 0) is 30.2 Å². The molecule has 6 heteroatoms. The first kappa shape index (κ1) is 11.9. The van der Waals surface area contributed by atoms with E-state index in [0.29, 0.717) is 5.56 Å². The molecule has 0 bridgehead atoms. The maximum Gasteiger partial charge on any atom is 0.573 e. The highest BCUT2D eigenvalue weighted by molar-refractivity contribution is 5.92. The molecule has 3 nitrogen and oxygen atoms in total. The summed E-state index contributed by atoms with van der Waals surface area (Å²) >= 11 is 0.